The van der Waals surface area contributed by atoms with Crippen molar-refractivity contribution < 1.29 is 43.5 Å². The highest BCUT2D eigenvalue weighted by Crippen LogP contribution is 2.23. The average molecular weight is 817 g/mol. The van der Waals surface area contributed by atoms with E-state index in [4.69, 9.17) is 5.73 Å². The van der Waals surface area contributed by atoms with E-state index in [1.165, 1.54) is 16.7 Å². The number of benzene rings is 2. The SMILES string of the molecule is CC[C@H](C)[C@@H]1NC(=O)[C@H]([C@@H](C)O)NC(=O)[C@H](Cc2ccccc2)NC(=O)[C@@H]2CCCN2C(=O)[C@H](CC(N)=O)NC(=O)[C@@H]2CCCN2C(=O)[C@H](Cc2ccccc2)NC1=O. The first kappa shape index (κ1) is 44.3. The normalized spacial score (nSPS) is 27.5. The van der Waals surface area contributed by atoms with Crippen LogP contribution in [0.4, 0.5) is 0 Å². The van der Waals surface area contributed by atoms with Gasteiger partial charge in [-0.25, -0.2) is 0 Å². The van der Waals surface area contributed by atoms with Gasteiger partial charge < -0.3 is 47.2 Å². The van der Waals surface area contributed by atoms with E-state index in [1.54, 1.807) is 67.6 Å². The van der Waals surface area contributed by atoms with Gasteiger partial charge in [-0.3, -0.25) is 38.4 Å². The van der Waals surface area contributed by atoms with Gasteiger partial charge in [0.2, 0.25) is 47.3 Å². The van der Waals surface area contributed by atoms with E-state index in [1.807, 2.05) is 6.92 Å². The van der Waals surface area contributed by atoms with E-state index in [0.717, 1.165) is 0 Å². The van der Waals surface area contributed by atoms with Crippen LogP contribution in [0.2, 0.25) is 0 Å². The number of fused-ring (bicyclic) bond motifs is 2. The van der Waals surface area contributed by atoms with Crippen LogP contribution in [0.1, 0.15) is 70.4 Å². The van der Waals surface area contributed by atoms with Gasteiger partial charge in [-0.15, -0.1) is 0 Å². The molecule has 318 valence electrons. The smallest absolute Gasteiger partial charge is 0.246 e. The minimum absolute atomic E-state index is 0.0276. The molecule has 3 saturated heterocycles. The molecule has 2 aromatic carbocycles. The molecule has 3 aliphatic heterocycles. The summed E-state index contributed by atoms with van der Waals surface area (Å²) < 4.78 is 0. The lowest BCUT2D eigenvalue weighted by Crippen LogP contribution is -2.62. The molecule has 0 spiro atoms. The highest BCUT2D eigenvalue weighted by molar-refractivity contribution is 6.00. The first-order valence-electron chi connectivity index (χ1n) is 20.4. The predicted octanol–water partition coefficient (Wildman–Crippen LogP) is -0.806. The highest BCUT2D eigenvalue weighted by Gasteiger charge is 2.44. The summed E-state index contributed by atoms with van der Waals surface area (Å²) in [6, 6.07) is 8.79. The predicted molar refractivity (Wildman–Crippen MR) is 214 cm³/mol. The number of primary amides is 1. The van der Waals surface area contributed by atoms with E-state index in [2.05, 4.69) is 26.6 Å². The third kappa shape index (κ3) is 11.2. The second-order valence-electron chi connectivity index (χ2n) is 15.7. The first-order valence-corrected chi connectivity index (χ1v) is 20.4. The number of rotatable bonds is 9. The molecule has 9 atom stereocenters. The maximum absolute atomic E-state index is 14.5. The molecule has 8 N–H and O–H groups in total. The van der Waals surface area contributed by atoms with Gasteiger partial charge in [0, 0.05) is 25.9 Å². The number of aliphatic hydroxyl groups is 1. The van der Waals surface area contributed by atoms with E-state index < -0.39 is 108 Å². The second kappa shape index (κ2) is 20.2. The van der Waals surface area contributed by atoms with Gasteiger partial charge in [-0.05, 0) is 49.7 Å². The van der Waals surface area contributed by atoms with Gasteiger partial charge in [0.05, 0.1) is 12.5 Å². The zero-order valence-corrected chi connectivity index (χ0v) is 33.7. The average Bonchev–Trinajstić information content (AvgIpc) is 3.92. The van der Waals surface area contributed by atoms with Crippen molar-refractivity contribution in [2.45, 2.75) is 121 Å². The lowest BCUT2D eigenvalue weighted by Gasteiger charge is -2.32. The molecule has 17 heteroatoms. The number of nitrogens with zero attached hydrogens (tertiary/aromatic N) is 2. The van der Waals surface area contributed by atoms with Gasteiger partial charge in [-0.1, -0.05) is 80.9 Å². The number of aliphatic hydroxyl groups excluding tert-OH is 1. The molecular weight excluding hydrogens is 761 g/mol. The highest BCUT2D eigenvalue weighted by atomic mass is 16.3. The van der Waals surface area contributed by atoms with Crippen LogP contribution in [-0.2, 0) is 51.2 Å². The molecule has 0 saturated carbocycles. The Morgan fingerprint density at radius 2 is 1.08 bits per heavy atom. The molecule has 8 amide bonds. The maximum atomic E-state index is 14.5. The number of carbonyl (C=O) groups excluding carboxylic acids is 8. The summed E-state index contributed by atoms with van der Waals surface area (Å²) in [6.07, 6.45) is -0.342. The molecule has 17 nitrogen and oxygen atoms in total. The standard InChI is InChI=1S/C42H56N8O9/c1-4-24(2)34-39(56)46-29(22-27-15-9-6-10-16-27)41(58)49-19-12-18-32(49)38(55)45-30(23-33(43)52)42(59)50-20-11-17-31(50)37(54)44-28(21-26-13-7-5-8-14-26)36(53)48-35(25(3)51)40(57)47-34/h5-10,13-16,24-25,28-32,34-35,51H,4,11-12,17-23H2,1-3H3,(H2,43,52)(H,44,54)(H,45,55)(H,46,56)(H,47,57)(H,48,53)/t24-,25+,28-,29-,30-,31-,32-,34-,35-/m0/s1. The number of amides is 8. The topological polar surface area (TPSA) is 249 Å². The summed E-state index contributed by atoms with van der Waals surface area (Å²) in [7, 11) is 0. The van der Waals surface area contributed by atoms with Crippen molar-refractivity contribution >= 4 is 47.3 Å². The van der Waals surface area contributed by atoms with Crippen LogP contribution in [-0.4, -0.2) is 124 Å². The second-order valence-corrected chi connectivity index (χ2v) is 15.7. The molecule has 0 aliphatic carbocycles. The van der Waals surface area contributed by atoms with Crippen molar-refractivity contribution in [3.63, 3.8) is 0 Å². The summed E-state index contributed by atoms with van der Waals surface area (Å²) in [6.45, 7) is 5.12. The van der Waals surface area contributed by atoms with E-state index in [9.17, 15) is 43.5 Å². The molecule has 0 radical (unpaired) electrons. The lowest BCUT2D eigenvalue weighted by atomic mass is 9.96. The molecule has 0 bridgehead atoms. The van der Waals surface area contributed by atoms with Crippen LogP contribution >= 0.6 is 0 Å². The van der Waals surface area contributed by atoms with Crippen molar-refractivity contribution in [1.29, 1.82) is 0 Å². The van der Waals surface area contributed by atoms with E-state index >= 15 is 0 Å². The number of nitrogens with one attached hydrogen (secondary N) is 5. The van der Waals surface area contributed by atoms with Gasteiger partial charge in [0.25, 0.3) is 0 Å². The van der Waals surface area contributed by atoms with Crippen LogP contribution in [0, 0.1) is 5.92 Å². The van der Waals surface area contributed by atoms with Crippen LogP contribution in [0.5, 0.6) is 0 Å². The Labute approximate surface area is 343 Å². The Balaban J connectivity index is 1.57. The van der Waals surface area contributed by atoms with Gasteiger partial charge in [0.1, 0.15) is 42.3 Å². The van der Waals surface area contributed by atoms with Crippen LogP contribution < -0.4 is 32.3 Å². The third-order valence-corrected chi connectivity index (χ3v) is 11.4. The Hall–Kier alpha value is -5.84. The molecule has 59 heavy (non-hydrogen) atoms. The Bertz CT molecular complexity index is 1860. The number of carbonyl (C=O) groups is 8. The molecule has 0 aromatic heterocycles. The monoisotopic (exact) mass is 816 g/mol. The van der Waals surface area contributed by atoms with Crippen LogP contribution in [0.15, 0.2) is 60.7 Å². The summed E-state index contributed by atoms with van der Waals surface area (Å²) in [5.74, 6) is -6.48. The molecular formula is C42H56N8O9. The zero-order valence-electron chi connectivity index (χ0n) is 33.7. The zero-order chi connectivity index (χ0) is 42.8. The van der Waals surface area contributed by atoms with Crippen LogP contribution in [0.25, 0.3) is 0 Å². The molecule has 5 rings (SSSR count). The summed E-state index contributed by atoms with van der Waals surface area (Å²) in [5.41, 5.74) is 6.92. The Morgan fingerprint density at radius 3 is 1.58 bits per heavy atom. The van der Waals surface area contributed by atoms with E-state index in [-0.39, 0.29) is 38.8 Å². The van der Waals surface area contributed by atoms with Crippen molar-refractivity contribution in [2.24, 2.45) is 11.7 Å². The summed E-state index contributed by atoms with van der Waals surface area (Å²) in [4.78, 5) is 114. The van der Waals surface area contributed by atoms with Gasteiger partial charge in [0.15, 0.2) is 0 Å². The Morgan fingerprint density at radius 1 is 0.644 bits per heavy atom. The lowest BCUT2D eigenvalue weighted by molar-refractivity contribution is -0.145. The van der Waals surface area contributed by atoms with E-state index in [0.29, 0.717) is 30.4 Å². The molecule has 0 unspecified atom stereocenters. The fraction of sp³-hybridized carbons (Fsp3) is 0.524. The molecule has 2 aromatic rings. The van der Waals surface area contributed by atoms with Gasteiger partial charge >= 0.3 is 0 Å². The fourth-order valence-corrected chi connectivity index (χ4v) is 7.92. The molecule has 3 heterocycles. The minimum Gasteiger partial charge on any atom is -0.391 e. The van der Waals surface area contributed by atoms with Crippen molar-refractivity contribution in [3.05, 3.63) is 71.8 Å². The minimum atomic E-state index is -1.57. The third-order valence-electron chi connectivity index (χ3n) is 11.4. The molecule has 3 aliphatic rings. The van der Waals surface area contributed by atoms with Crippen molar-refractivity contribution in [3.8, 4) is 0 Å². The number of hydrogen-bond acceptors (Lipinski definition) is 9. The summed E-state index contributed by atoms with van der Waals surface area (Å²) in [5, 5.41) is 24.3. The number of nitrogens with two attached hydrogens (primary N) is 1. The summed E-state index contributed by atoms with van der Waals surface area (Å²) >= 11 is 0. The quantitative estimate of drug-likeness (QED) is 0.167. The van der Waals surface area contributed by atoms with Crippen molar-refractivity contribution in [2.75, 3.05) is 13.1 Å². The number of hydrogen-bond donors (Lipinski definition) is 7. The van der Waals surface area contributed by atoms with Gasteiger partial charge in [-0.2, -0.15) is 0 Å². The molecule has 3 fully saturated rings. The first-order chi connectivity index (χ1) is 28.2. The van der Waals surface area contributed by atoms with Crippen LogP contribution in [0.3, 0.4) is 0 Å². The Kier molecular flexibility index (Phi) is 15.2. The fourth-order valence-electron chi connectivity index (χ4n) is 7.92. The van der Waals surface area contributed by atoms with Crippen molar-refractivity contribution in [1.82, 2.24) is 36.4 Å². The largest absolute Gasteiger partial charge is 0.391 e. The maximum Gasteiger partial charge on any atom is 0.246 e.